The Morgan fingerprint density at radius 2 is 1.06 bits per heavy atom. The molecule has 0 saturated heterocycles. The SMILES string of the molecule is CS(=O)(=O)OC1CCCCCCC1OS(C)(=O)=O. The standard InChI is InChI=1S/C10H20O6S2/c1-17(11,12)15-9-7-5-3-4-6-8-10(9)16-18(2,13)14/h9-10H,3-8H2,1-2H3. The van der Waals surface area contributed by atoms with Crippen molar-refractivity contribution in [3.8, 4) is 0 Å². The molecule has 1 saturated carbocycles. The van der Waals surface area contributed by atoms with Crippen LogP contribution in [0.4, 0.5) is 0 Å². The first-order chi connectivity index (χ1) is 8.17. The first-order valence-corrected chi connectivity index (χ1v) is 9.57. The van der Waals surface area contributed by atoms with Gasteiger partial charge in [-0.2, -0.15) is 16.8 Å². The number of hydrogen-bond donors (Lipinski definition) is 0. The Bertz CT molecular complexity index is 409. The summed E-state index contributed by atoms with van der Waals surface area (Å²) in [5, 5.41) is 0. The van der Waals surface area contributed by atoms with Crippen LogP contribution in [-0.4, -0.2) is 41.6 Å². The predicted octanol–water partition coefficient (Wildman–Crippen LogP) is 1.03. The van der Waals surface area contributed by atoms with Gasteiger partial charge in [-0.1, -0.05) is 25.7 Å². The minimum Gasteiger partial charge on any atom is -0.264 e. The van der Waals surface area contributed by atoms with Gasteiger partial charge in [0.2, 0.25) is 0 Å². The summed E-state index contributed by atoms with van der Waals surface area (Å²) in [6, 6.07) is 0. The van der Waals surface area contributed by atoms with Crippen LogP contribution in [0.2, 0.25) is 0 Å². The highest BCUT2D eigenvalue weighted by atomic mass is 32.2. The Hall–Kier alpha value is -0.180. The van der Waals surface area contributed by atoms with Gasteiger partial charge < -0.3 is 0 Å². The molecule has 0 spiro atoms. The smallest absolute Gasteiger partial charge is 0.264 e. The second kappa shape index (κ2) is 6.31. The maximum absolute atomic E-state index is 11.2. The summed E-state index contributed by atoms with van der Waals surface area (Å²) in [5.74, 6) is 0. The van der Waals surface area contributed by atoms with E-state index in [0.29, 0.717) is 12.8 Å². The van der Waals surface area contributed by atoms with Gasteiger partial charge in [-0.05, 0) is 12.8 Å². The van der Waals surface area contributed by atoms with Crippen LogP contribution in [0.5, 0.6) is 0 Å². The van der Waals surface area contributed by atoms with E-state index in [0.717, 1.165) is 38.2 Å². The average Bonchev–Trinajstić information content (AvgIpc) is 2.12. The molecule has 1 aliphatic carbocycles. The highest BCUT2D eigenvalue weighted by molar-refractivity contribution is 7.86. The minimum atomic E-state index is -3.62. The Balaban J connectivity index is 2.81. The molecule has 0 N–H and O–H groups in total. The van der Waals surface area contributed by atoms with Crippen molar-refractivity contribution < 1.29 is 25.2 Å². The van der Waals surface area contributed by atoms with Gasteiger partial charge in [-0.25, -0.2) is 0 Å². The topological polar surface area (TPSA) is 86.7 Å². The molecule has 0 aromatic rings. The molecule has 6 nitrogen and oxygen atoms in total. The lowest BCUT2D eigenvalue weighted by molar-refractivity contribution is 0.0447. The van der Waals surface area contributed by atoms with Crippen LogP contribution < -0.4 is 0 Å². The Labute approximate surface area is 109 Å². The summed E-state index contributed by atoms with van der Waals surface area (Å²) >= 11 is 0. The Morgan fingerprint density at radius 3 is 1.33 bits per heavy atom. The fourth-order valence-corrected chi connectivity index (χ4v) is 3.42. The Morgan fingerprint density at radius 1 is 0.722 bits per heavy atom. The molecule has 0 amide bonds. The average molecular weight is 300 g/mol. The van der Waals surface area contributed by atoms with Gasteiger partial charge in [-0.3, -0.25) is 8.37 Å². The van der Waals surface area contributed by atoms with Crippen LogP contribution in [0.25, 0.3) is 0 Å². The summed E-state index contributed by atoms with van der Waals surface area (Å²) in [4.78, 5) is 0. The van der Waals surface area contributed by atoms with E-state index < -0.39 is 32.4 Å². The lowest BCUT2D eigenvalue weighted by atomic mass is 9.96. The Kier molecular flexibility index (Phi) is 5.57. The quantitative estimate of drug-likeness (QED) is 0.721. The van der Waals surface area contributed by atoms with E-state index in [-0.39, 0.29) is 0 Å². The van der Waals surface area contributed by atoms with Gasteiger partial charge in [0.05, 0.1) is 12.5 Å². The normalized spacial score (nSPS) is 27.4. The molecule has 2 atom stereocenters. The fourth-order valence-electron chi connectivity index (χ4n) is 2.09. The van der Waals surface area contributed by atoms with Gasteiger partial charge in [0.1, 0.15) is 12.2 Å². The molecule has 108 valence electrons. The molecule has 18 heavy (non-hydrogen) atoms. The molecule has 1 aliphatic rings. The molecule has 0 aromatic carbocycles. The largest absolute Gasteiger partial charge is 0.264 e. The van der Waals surface area contributed by atoms with Gasteiger partial charge >= 0.3 is 0 Å². The minimum absolute atomic E-state index is 0.493. The van der Waals surface area contributed by atoms with Crippen LogP contribution in [0, 0.1) is 0 Å². The molecule has 0 heterocycles. The highest BCUT2D eigenvalue weighted by Crippen LogP contribution is 2.24. The summed E-state index contributed by atoms with van der Waals surface area (Å²) in [6.07, 6.45) is 5.09. The molecule has 2 unspecified atom stereocenters. The summed E-state index contributed by atoms with van der Waals surface area (Å²) in [5.41, 5.74) is 0. The van der Waals surface area contributed by atoms with E-state index >= 15 is 0 Å². The monoisotopic (exact) mass is 300 g/mol. The van der Waals surface area contributed by atoms with Crippen molar-refractivity contribution in [1.29, 1.82) is 0 Å². The lowest BCUT2D eigenvalue weighted by Gasteiger charge is -2.27. The van der Waals surface area contributed by atoms with Crippen molar-refractivity contribution in [1.82, 2.24) is 0 Å². The van der Waals surface area contributed by atoms with Crippen LogP contribution in [-0.2, 0) is 28.6 Å². The summed E-state index contributed by atoms with van der Waals surface area (Å²) in [6.45, 7) is 0. The summed E-state index contributed by atoms with van der Waals surface area (Å²) in [7, 11) is -7.23. The second-order valence-corrected chi connectivity index (χ2v) is 7.87. The summed E-state index contributed by atoms with van der Waals surface area (Å²) < 4.78 is 54.6. The van der Waals surface area contributed by atoms with E-state index in [1.165, 1.54) is 0 Å². The fraction of sp³-hybridized carbons (Fsp3) is 1.00. The van der Waals surface area contributed by atoms with Crippen molar-refractivity contribution in [3.05, 3.63) is 0 Å². The van der Waals surface area contributed by atoms with Gasteiger partial charge in [-0.15, -0.1) is 0 Å². The van der Waals surface area contributed by atoms with Gasteiger partial charge in [0.25, 0.3) is 20.2 Å². The van der Waals surface area contributed by atoms with Crippen LogP contribution >= 0.6 is 0 Å². The molecule has 1 fully saturated rings. The van der Waals surface area contributed by atoms with Crippen LogP contribution in [0.3, 0.4) is 0 Å². The van der Waals surface area contributed by atoms with E-state index in [2.05, 4.69) is 0 Å². The van der Waals surface area contributed by atoms with E-state index in [1.54, 1.807) is 0 Å². The molecular weight excluding hydrogens is 280 g/mol. The highest BCUT2D eigenvalue weighted by Gasteiger charge is 2.30. The van der Waals surface area contributed by atoms with Crippen molar-refractivity contribution >= 4 is 20.2 Å². The molecule has 0 radical (unpaired) electrons. The lowest BCUT2D eigenvalue weighted by Crippen LogP contribution is -2.35. The maximum atomic E-state index is 11.2. The molecule has 0 aliphatic heterocycles. The third-order valence-electron chi connectivity index (χ3n) is 2.74. The second-order valence-electron chi connectivity index (χ2n) is 4.67. The zero-order valence-corrected chi connectivity index (χ0v) is 12.3. The zero-order valence-electron chi connectivity index (χ0n) is 10.7. The predicted molar refractivity (Wildman–Crippen MR) is 67.1 cm³/mol. The molecular formula is C10H20O6S2. The maximum Gasteiger partial charge on any atom is 0.264 e. The van der Waals surface area contributed by atoms with Crippen LogP contribution in [0.1, 0.15) is 38.5 Å². The van der Waals surface area contributed by atoms with Gasteiger partial charge in [0, 0.05) is 0 Å². The van der Waals surface area contributed by atoms with Crippen LogP contribution in [0.15, 0.2) is 0 Å². The van der Waals surface area contributed by atoms with Crippen molar-refractivity contribution in [2.24, 2.45) is 0 Å². The first kappa shape index (κ1) is 15.9. The molecule has 0 bridgehead atoms. The van der Waals surface area contributed by atoms with E-state index in [1.807, 2.05) is 0 Å². The zero-order chi connectivity index (χ0) is 13.8. The number of rotatable bonds is 4. The third-order valence-corrected chi connectivity index (χ3v) is 3.93. The molecule has 8 heteroatoms. The third kappa shape index (κ3) is 6.67. The molecule has 1 rings (SSSR count). The van der Waals surface area contributed by atoms with E-state index in [9.17, 15) is 16.8 Å². The molecule has 0 aromatic heterocycles. The van der Waals surface area contributed by atoms with Gasteiger partial charge in [0.15, 0.2) is 0 Å². The van der Waals surface area contributed by atoms with Crippen molar-refractivity contribution in [2.75, 3.05) is 12.5 Å². The van der Waals surface area contributed by atoms with E-state index in [4.69, 9.17) is 8.37 Å². The first-order valence-electron chi connectivity index (χ1n) is 5.94. The van der Waals surface area contributed by atoms with Crippen molar-refractivity contribution in [2.45, 2.75) is 50.7 Å². The van der Waals surface area contributed by atoms with Crippen molar-refractivity contribution in [3.63, 3.8) is 0 Å². The number of hydrogen-bond acceptors (Lipinski definition) is 6.